The average Bonchev–Trinajstić information content (AvgIpc) is 2.56. The lowest BCUT2D eigenvalue weighted by atomic mass is 10.2. The lowest BCUT2D eigenvalue weighted by molar-refractivity contribution is 0.310. The van der Waals surface area contributed by atoms with Crippen LogP contribution >= 0.6 is 15.9 Å². The summed E-state index contributed by atoms with van der Waals surface area (Å²) in [6, 6.07) is 12.2. The Hall–Kier alpha value is -1.57. The smallest absolute Gasteiger partial charge is 0.244 e. The first-order valence-electron chi connectivity index (χ1n) is 7.40. The predicted octanol–water partition coefficient (Wildman–Crippen LogP) is 3.68. The van der Waals surface area contributed by atoms with Gasteiger partial charge in [0.05, 0.1) is 18.6 Å². The zero-order chi connectivity index (χ0) is 17.7. The maximum absolute atomic E-state index is 12.7. The van der Waals surface area contributed by atoms with Crippen molar-refractivity contribution in [2.75, 3.05) is 20.8 Å². The Bertz CT molecular complexity index is 808. The van der Waals surface area contributed by atoms with Crippen molar-refractivity contribution in [3.63, 3.8) is 0 Å². The first-order valence-corrected chi connectivity index (χ1v) is 9.64. The second-order valence-corrected chi connectivity index (χ2v) is 7.98. The number of methoxy groups -OCH3 is 1. The minimum Gasteiger partial charge on any atom is -0.493 e. The van der Waals surface area contributed by atoms with E-state index in [1.807, 2.05) is 13.0 Å². The third kappa shape index (κ3) is 4.09. The van der Waals surface area contributed by atoms with Gasteiger partial charge in [0.25, 0.3) is 0 Å². The molecule has 0 radical (unpaired) electrons. The predicted molar refractivity (Wildman–Crippen MR) is 97.0 cm³/mol. The monoisotopic (exact) mass is 413 g/mol. The van der Waals surface area contributed by atoms with Crippen LogP contribution in [-0.4, -0.2) is 33.5 Å². The molecule has 2 aromatic carbocycles. The van der Waals surface area contributed by atoms with Crippen molar-refractivity contribution in [2.24, 2.45) is 0 Å². The Morgan fingerprint density at radius 3 is 2.46 bits per heavy atom. The maximum atomic E-state index is 12.7. The molecule has 0 aliphatic carbocycles. The van der Waals surface area contributed by atoms with E-state index in [4.69, 9.17) is 9.47 Å². The summed E-state index contributed by atoms with van der Waals surface area (Å²) >= 11 is 3.29. The van der Waals surface area contributed by atoms with Crippen molar-refractivity contribution in [1.29, 1.82) is 0 Å². The van der Waals surface area contributed by atoms with Gasteiger partial charge in [-0.2, -0.15) is 4.31 Å². The van der Waals surface area contributed by atoms with Gasteiger partial charge in [-0.25, -0.2) is 8.42 Å². The van der Waals surface area contributed by atoms with Crippen LogP contribution in [0.3, 0.4) is 0 Å². The fourth-order valence-electron chi connectivity index (χ4n) is 2.25. The zero-order valence-electron chi connectivity index (χ0n) is 13.8. The van der Waals surface area contributed by atoms with Crippen LogP contribution in [0.1, 0.15) is 12.5 Å². The van der Waals surface area contributed by atoms with E-state index in [0.717, 1.165) is 5.56 Å². The van der Waals surface area contributed by atoms with Gasteiger partial charge in [0.1, 0.15) is 0 Å². The highest BCUT2D eigenvalue weighted by molar-refractivity contribution is 9.10. The third-order valence-electron chi connectivity index (χ3n) is 3.46. The number of rotatable bonds is 7. The van der Waals surface area contributed by atoms with Crippen molar-refractivity contribution in [3.05, 3.63) is 52.5 Å². The highest BCUT2D eigenvalue weighted by atomic mass is 79.9. The molecule has 7 heteroatoms. The summed E-state index contributed by atoms with van der Waals surface area (Å²) in [7, 11) is -0.481. The maximum Gasteiger partial charge on any atom is 0.244 e. The van der Waals surface area contributed by atoms with E-state index < -0.39 is 10.0 Å². The fraction of sp³-hybridized carbons (Fsp3) is 0.294. The molecule has 0 heterocycles. The van der Waals surface area contributed by atoms with Crippen molar-refractivity contribution in [3.8, 4) is 11.5 Å². The summed E-state index contributed by atoms with van der Waals surface area (Å²) in [6.45, 7) is 2.66. The van der Waals surface area contributed by atoms with Crippen LogP contribution in [0, 0.1) is 0 Å². The van der Waals surface area contributed by atoms with Crippen molar-refractivity contribution < 1.29 is 17.9 Å². The summed E-state index contributed by atoms with van der Waals surface area (Å²) in [5, 5.41) is 0. The van der Waals surface area contributed by atoms with Gasteiger partial charge in [0, 0.05) is 18.1 Å². The number of sulfonamides is 1. The molecule has 24 heavy (non-hydrogen) atoms. The molecule has 0 bridgehead atoms. The zero-order valence-corrected chi connectivity index (χ0v) is 16.2. The molecule has 0 N–H and O–H groups in total. The molecule has 0 aliphatic heterocycles. The molecule has 0 spiro atoms. The standard InChI is InChI=1S/C17H20BrNO4S/c1-4-23-15-10-9-13(11-16(15)22-3)12-19(2)24(20,21)17-8-6-5-7-14(17)18/h5-11H,4,12H2,1-3H3. The second kappa shape index (κ2) is 8.00. The van der Waals surface area contributed by atoms with Crippen LogP contribution < -0.4 is 9.47 Å². The molecule has 2 rings (SSSR count). The number of hydrogen-bond acceptors (Lipinski definition) is 4. The van der Waals surface area contributed by atoms with E-state index in [2.05, 4.69) is 15.9 Å². The van der Waals surface area contributed by atoms with Gasteiger partial charge in [-0.1, -0.05) is 18.2 Å². The van der Waals surface area contributed by atoms with Crippen LogP contribution in [0.5, 0.6) is 11.5 Å². The first-order chi connectivity index (χ1) is 11.4. The van der Waals surface area contributed by atoms with Crippen molar-refractivity contribution >= 4 is 26.0 Å². The Balaban J connectivity index is 2.26. The number of hydrogen-bond donors (Lipinski definition) is 0. The molecule has 0 atom stereocenters. The minimum absolute atomic E-state index is 0.229. The summed E-state index contributed by atoms with van der Waals surface area (Å²) in [6.07, 6.45) is 0. The Kier molecular flexibility index (Phi) is 6.26. The van der Waals surface area contributed by atoms with Crippen LogP contribution in [0.4, 0.5) is 0 Å². The molecule has 0 amide bonds. The molecule has 0 fully saturated rings. The normalized spacial score (nSPS) is 11.5. The van der Waals surface area contributed by atoms with Crippen LogP contribution in [0.25, 0.3) is 0 Å². The average molecular weight is 414 g/mol. The fourth-order valence-corrected chi connectivity index (χ4v) is 4.37. The second-order valence-electron chi connectivity index (χ2n) is 5.11. The lowest BCUT2D eigenvalue weighted by Crippen LogP contribution is -2.26. The number of halogens is 1. The molecular weight excluding hydrogens is 394 g/mol. The van der Waals surface area contributed by atoms with E-state index >= 15 is 0 Å². The van der Waals surface area contributed by atoms with E-state index in [0.29, 0.717) is 22.6 Å². The Labute approximate surface area is 151 Å². The highest BCUT2D eigenvalue weighted by Gasteiger charge is 2.23. The van der Waals surface area contributed by atoms with Crippen LogP contribution in [-0.2, 0) is 16.6 Å². The van der Waals surface area contributed by atoms with Gasteiger partial charge in [-0.15, -0.1) is 0 Å². The SMILES string of the molecule is CCOc1ccc(CN(C)S(=O)(=O)c2ccccc2Br)cc1OC. The van der Waals surface area contributed by atoms with Gasteiger partial charge in [-0.3, -0.25) is 0 Å². The van der Waals surface area contributed by atoms with Crippen LogP contribution in [0.2, 0.25) is 0 Å². The quantitative estimate of drug-likeness (QED) is 0.694. The number of benzene rings is 2. The molecule has 2 aromatic rings. The van der Waals surface area contributed by atoms with Gasteiger partial charge in [0.2, 0.25) is 10.0 Å². The largest absolute Gasteiger partial charge is 0.493 e. The van der Waals surface area contributed by atoms with Crippen LogP contribution in [0.15, 0.2) is 51.8 Å². The van der Waals surface area contributed by atoms with Gasteiger partial charge < -0.3 is 9.47 Å². The Morgan fingerprint density at radius 1 is 1.12 bits per heavy atom. The van der Waals surface area contributed by atoms with E-state index in [1.54, 1.807) is 50.6 Å². The number of ether oxygens (including phenoxy) is 2. The topological polar surface area (TPSA) is 55.8 Å². The van der Waals surface area contributed by atoms with Gasteiger partial charge in [0.15, 0.2) is 11.5 Å². The minimum atomic E-state index is -3.59. The molecular formula is C17H20BrNO4S. The van der Waals surface area contributed by atoms with Gasteiger partial charge in [-0.05, 0) is 52.7 Å². The lowest BCUT2D eigenvalue weighted by Gasteiger charge is -2.19. The van der Waals surface area contributed by atoms with Gasteiger partial charge >= 0.3 is 0 Å². The summed E-state index contributed by atoms with van der Waals surface area (Å²) in [5.41, 5.74) is 0.813. The van der Waals surface area contributed by atoms with E-state index in [9.17, 15) is 8.42 Å². The first kappa shape index (κ1) is 18.8. The third-order valence-corrected chi connectivity index (χ3v) is 6.27. The van der Waals surface area contributed by atoms with Crippen molar-refractivity contribution in [1.82, 2.24) is 4.31 Å². The molecule has 0 saturated heterocycles. The van der Waals surface area contributed by atoms with E-state index in [-0.39, 0.29) is 11.4 Å². The molecule has 0 aromatic heterocycles. The molecule has 5 nitrogen and oxygen atoms in total. The Morgan fingerprint density at radius 2 is 1.83 bits per heavy atom. The van der Waals surface area contributed by atoms with E-state index in [1.165, 1.54) is 4.31 Å². The molecule has 0 unspecified atom stereocenters. The molecule has 0 saturated carbocycles. The molecule has 0 aliphatic rings. The van der Waals surface area contributed by atoms with Crippen molar-refractivity contribution in [2.45, 2.75) is 18.4 Å². The molecule has 130 valence electrons. The summed E-state index contributed by atoms with van der Waals surface area (Å²) in [5.74, 6) is 1.22. The number of nitrogens with zero attached hydrogens (tertiary/aromatic N) is 1. The summed E-state index contributed by atoms with van der Waals surface area (Å²) < 4.78 is 38.1. The highest BCUT2D eigenvalue weighted by Crippen LogP contribution is 2.30. The summed E-state index contributed by atoms with van der Waals surface area (Å²) in [4.78, 5) is 0.241.